The van der Waals surface area contributed by atoms with Crippen LogP contribution in [0.2, 0.25) is 0 Å². The fourth-order valence-corrected chi connectivity index (χ4v) is 3.23. The second kappa shape index (κ2) is 8.49. The molecule has 0 spiro atoms. The molecular formula is C21H20N2OS. The van der Waals surface area contributed by atoms with Gasteiger partial charge >= 0.3 is 0 Å². The maximum Gasteiger partial charge on any atom is 0.225 e. The fraction of sp³-hybridized carbons (Fsp3) is 0.143. The maximum absolute atomic E-state index is 12.2. The number of para-hydroxylation sites is 1. The molecule has 126 valence electrons. The van der Waals surface area contributed by atoms with E-state index in [1.165, 1.54) is 0 Å². The van der Waals surface area contributed by atoms with Crippen molar-refractivity contribution in [2.24, 2.45) is 0 Å². The van der Waals surface area contributed by atoms with Crippen LogP contribution in [-0.2, 0) is 4.79 Å². The minimum Gasteiger partial charge on any atom is -0.325 e. The van der Waals surface area contributed by atoms with Crippen molar-refractivity contribution in [3.63, 3.8) is 0 Å². The molecule has 0 radical (unpaired) electrons. The minimum atomic E-state index is 0.0244. The summed E-state index contributed by atoms with van der Waals surface area (Å²) in [5.41, 5.74) is 3.79. The molecule has 4 heteroatoms. The van der Waals surface area contributed by atoms with Crippen LogP contribution in [0.3, 0.4) is 0 Å². The van der Waals surface area contributed by atoms with E-state index in [9.17, 15) is 4.79 Å². The third-order valence-electron chi connectivity index (χ3n) is 3.72. The molecule has 2 aromatic carbocycles. The van der Waals surface area contributed by atoms with Gasteiger partial charge in [0.1, 0.15) is 0 Å². The smallest absolute Gasteiger partial charge is 0.225 e. The summed E-state index contributed by atoms with van der Waals surface area (Å²) in [5, 5.41) is 6.02. The first-order chi connectivity index (χ1) is 12.2. The number of benzene rings is 2. The van der Waals surface area contributed by atoms with Crippen LogP contribution < -0.4 is 5.32 Å². The van der Waals surface area contributed by atoms with Gasteiger partial charge in [-0.2, -0.15) is 0 Å². The predicted octanol–water partition coefficient (Wildman–Crippen LogP) is 5.28. The lowest BCUT2D eigenvalue weighted by molar-refractivity contribution is -0.115. The van der Waals surface area contributed by atoms with Crippen LogP contribution in [0.15, 0.2) is 66.1 Å². The Labute approximate surface area is 152 Å². The lowest BCUT2D eigenvalue weighted by Crippen LogP contribution is -2.12. The van der Waals surface area contributed by atoms with E-state index in [0.29, 0.717) is 6.42 Å². The summed E-state index contributed by atoms with van der Waals surface area (Å²) < 4.78 is 0. The standard InChI is InChI=1S/C21H20N2OS/c1-16-15-20(18-9-5-6-10-19(18)22-16)23-21(24)12-14-25-13-11-17-7-3-2-4-8-17/h2-11,13,15H,12,14H2,1H3,(H,22,23,24). The zero-order valence-corrected chi connectivity index (χ0v) is 14.9. The number of pyridine rings is 1. The van der Waals surface area contributed by atoms with E-state index in [-0.39, 0.29) is 5.91 Å². The highest BCUT2D eigenvalue weighted by Gasteiger charge is 2.07. The minimum absolute atomic E-state index is 0.0244. The topological polar surface area (TPSA) is 42.0 Å². The number of nitrogens with zero attached hydrogens (tertiary/aromatic N) is 1. The van der Waals surface area contributed by atoms with Crippen LogP contribution in [0.4, 0.5) is 5.69 Å². The number of fused-ring (bicyclic) bond motifs is 1. The molecule has 25 heavy (non-hydrogen) atoms. The zero-order chi connectivity index (χ0) is 17.5. The number of nitrogens with one attached hydrogen (secondary N) is 1. The van der Waals surface area contributed by atoms with Crippen molar-refractivity contribution in [2.75, 3.05) is 11.1 Å². The molecule has 3 nitrogen and oxygen atoms in total. The number of anilines is 1. The summed E-state index contributed by atoms with van der Waals surface area (Å²) in [7, 11) is 0. The molecule has 1 heterocycles. The molecule has 0 aliphatic heterocycles. The van der Waals surface area contributed by atoms with E-state index >= 15 is 0 Å². The Hall–Kier alpha value is -2.59. The van der Waals surface area contributed by atoms with E-state index in [0.717, 1.165) is 33.6 Å². The molecule has 0 unspecified atom stereocenters. The number of aromatic nitrogens is 1. The lowest BCUT2D eigenvalue weighted by atomic mass is 10.1. The third-order valence-corrected chi connectivity index (χ3v) is 4.49. The first-order valence-electron chi connectivity index (χ1n) is 8.22. The molecule has 0 atom stereocenters. The van der Waals surface area contributed by atoms with Crippen LogP contribution in [-0.4, -0.2) is 16.6 Å². The van der Waals surface area contributed by atoms with Crippen LogP contribution in [0, 0.1) is 6.92 Å². The van der Waals surface area contributed by atoms with Crippen molar-refractivity contribution in [2.45, 2.75) is 13.3 Å². The van der Waals surface area contributed by atoms with Gasteiger partial charge in [0.25, 0.3) is 0 Å². The van der Waals surface area contributed by atoms with E-state index in [1.54, 1.807) is 11.8 Å². The van der Waals surface area contributed by atoms with Gasteiger partial charge in [0, 0.05) is 23.3 Å². The first-order valence-corrected chi connectivity index (χ1v) is 9.27. The van der Waals surface area contributed by atoms with Crippen LogP contribution in [0.1, 0.15) is 17.7 Å². The Morgan fingerprint density at radius 2 is 1.88 bits per heavy atom. The summed E-state index contributed by atoms with van der Waals surface area (Å²) >= 11 is 1.64. The number of hydrogen-bond acceptors (Lipinski definition) is 3. The molecule has 0 aliphatic carbocycles. The van der Waals surface area contributed by atoms with Gasteiger partial charge in [-0.25, -0.2) is 0 Å². The van der Waals surface area contributed by atoms with Crippen molar-refractivity contribution in [3.05, 3.63) is 77.3 Å². The van der Waals surface area contributed by atoms with Gasteiger partial charge in [0.2, 0.25) is 5.91 Å². The van der Waals surface area contributed by atoms with Gasteiger partial charge in [-0.15, -0.1) is 11.8 Å². The highest BCUT2D eigenvalue weighted by atomic mass is 32.2. The number of amides is 1. The molecule has 1 amide bonds. The maximum atomic E-state index is 12.2. The van der Waals surface area contributed by atoms with Gasteiger partial charge in [0.15, 0.2) is 0 Å². The molecule has 3 rings (SSSR count). The molecule has 0 saturated heterocycles. The monoisotopic (exact) mass is 348 g/mol. The average Bonchev–Trinajstić information content (AvgIpc) is 2.62. The number of thioether (sulfide) groups is 1. The Kier molecular flexibility index (Phi) is 5.86. The number of aryl methyl sites for hydroxylation is 1. The molecule has 0 saturated carbocycles. The highest BCUT2D eigenvalue weighted by Crippen LogP contribution is 2.23. The largest absolute Gasteiger partial charge is 0.325 e. The van der Waals surface area contributed by atoms with E-state index in [4.69, 9.17) is 0 Å². The van der Waals surface area contributed by atoms with Gasteiger partial charge < -0.3 is 5.32 Å². The normalized spacial score (nSPS) is 11.1. The predicted molar refractivity (Wildman–Crippen MR) is 108 cm³/mol. The Balaban J connectivity index is 1.54. The number of carbonyl (C=O) groups excluding carboxylic acids is 1. The fourth-order valence-electron chi connectivity index (χ4n) is 2.53. The van der Waals surface area contributed by atoms with Crippen molar-refractivity contribution < 1.29 is 4.79 Å². The lowest BCUT2D eigenvalue weighted by Gasteiger charge is -2.09. The Morgan fingerprint density at radius 1 is 1.12 bits per heavy atom. The first kappa shape index (κ1) is 17.2. The number of carbonyl (C=O) groups is 1. The summed E-state index contributed by atoms with van der Waals surface area (Å²) in [5.74, 6) is 0.772. The number of hydrogen-bond donors (Lipinski definition) is 1. The molecule has 1 aromatic heterocycles. The Bertz CT molecular complexity index is 891. The van der Waals surface area contributed by atoms with Crippen LogP contribution >= 0.6 is 11.8 Å². The number of rotatable bonds is 6. The molecule has 0 aliphatic rings. The van der Waals surface area contributed by atoms with Crippen molar-refractivity contribution in [1.29, 1.82) is 0 Å². The Morgan fingerprint density at radius 3 is 2.72 bits per heavy atom. The van der Waals surface area contributed by atoms with Crippen molar-refractivity contribution in [1.82, 2.24) is 4.98 Å². The van der Waals surface area contributed by atoms with Gasteiger partial charge in [-0.3, -0.25) is 9.78 Å². The zero-order valence-electron chi connectivity index (χ0n) is 14.1. The molecular weight excluding hydrogens is 328 g/mol. The van der Waals surface area contributed by atoms with E-state index in [2.05, 4.69) is 28.5 Å². The molecule has 0 fully saturated rings. The molecule has 3 aromatic rings. The van der Waals surface area contributed by atoms with Gasteiger partial charge in [0.05, 0.1) is 11.2 Å². The third kappa shape index (κ3) is 4.94. The quantitative estimate of drug-likeness (QED) is 0.617. The second-order valence-corrected chi connectivity index (χ2v) is 6.72. The second-order valence-electron chi connectivity index (χ2n) is 5.71. The molecule has 0 bridgehead atoms. The van der Waals surface area contributed by atoms with Crippen molar-refractivity contribution >= 4 is 40.3 Å². The van der Waals surface area contributed by atoms with Crippen molar-refractivity contribution in [3.8, 4) is 0 Å². The van der Waals surface area contributed by atoms with Gasteiger partial charge in [-0.1, -0.05) is 48.5 Å². The average molecular weight is 348 g/mol. The van der Waals surface area contributed by atoms with Crippen LogP contribution in [0.5, 0.6) is 0 Å². The molecule has 1 N–H and O–H groups in total. The summed E-state index contributed by atoms with van der Waals surface area (Å²) in [6, 6.07) is 19.9. The summed E-state index contributed by atoms with van der Waals surface area (Å²) in [6.07, 6.45) is 2.53. The van der Waals surface area contributed by atoms with Crippen LogP contribution in [0.25, 0.3) is 17.0 Å². The van der Waals surface area contributed by atoms with Gasteiger partial charge in [-0.05, 0) is 36.1 Å². The SMILES string of the molecule is Cc1cc(NC(=O)CCSC=Cc2ccccc2)c2ccccc2n1. The summed E-state index contributed by atoms with van der Waals surface area (Å²) in [6.45, 7) is 1.94. The van der Waals surface area contributed by atoms with E-state index < -0.39 is 0 Å². The highest BCUT2D eigenvalue weighted by molar-refractivity contribution is 8.02. The summed E-state index contributed by atoms with van der Waals surface area (Å²) in [4.78, 5) is 16.7. The van der Waals surface area contributed by atoms with E-state index in [1.807, 2.05) is 60.9 Å².